The normalized spacial score (nSPS) is 12.4. The zero-order valence-electron chi connectivity index (χ0n) is 9.18. The fourth-order valence-electron chi connectivity index (χ4n) is 1.61. The van der Waals surface area contributed by atoms with Crippen LogP contribution >= 0.6 is 0 Å². The Morgan fingerprint density at radius 3 is 2.94 bits per heavy atom. The van der Waals surface area contributed by atoms with Crippen LogP contribution in [0.5, 0.6) is 0 Å². The van der Waals surface area contributed by atoms with E-state index in [9.17, 15) is 0 Å². The van der Waals surface area contributed by atoms with E-state index in [2.05, 4.69) is 12.2 Å². The van der Waals surface area contributed by atoms with Crippen LogP contribution in [0.1, 0.15) is 24.1 Å². The van der Waals surface area contributed by atoms with E-state index in [1.54, 1.807) is 12.5 Å². The Balaban J connectivity index is 2.08. The van der Waals surface area contributed by atoms with Gasteiger partial charge < -0.3 is 14.8 Å². The van der Waals surface area contributed by atoms with Gasteiger partial charge in [0.2, 0.25) is 0 Å². The molecule has 1 unspecified atom stereocenters. The first kappa shape index (κ1) is 10.8. The highest BCUT2D eigenvalue weighted by Gasteiger charge is 2.06. The highest BCUT2D eigenvalue weighted by atomic mass is 16.3. The molecular weight excluding hydrogens is 202 g/mol. The van der Waals surface area contributed by atoms with Crippen molar-refractivity contribution in [2.45, 2.75) is 19.6 Å². The second kappa shape index (κ2) is 4.86. The molecule has 16 heavy (non-hydrogen) atoms. The van der Waals surface area contributed by atoms with Crippen LogP contribution in [0.15, 0.2) is 47.3 Å². The summed E-state index contributed by atoms with van der Waals surface area (Å²) in [6.07, 6.45) is 3.39. The van der Waals surface area contributed by atoms with E-state index in [4.69, 9.17) is 9.52 Å². The maximum Gasteiger partial charge on any atom is 0.0955 e. The number of aliphatic hydroxyl groups is 1. The molecule has 0 bridgehead atoms. The summed E-state index contributed by atoms with van der Waals surface area (Å²) in [6, 6.07) is 9.87. The Bertz CT molecular complexity index is 437. The highest BCUT2D eigenvalue weighted by molar-refractivity contribution is 5.47. The van der Waals surface area contributed by atoms with E-state index in [0.29, 0.717) is 0 Å². The summed E-state index contributed by atoms with van der Waals surface area (Å²) in [4.78, 5) is 0. The number of hydrogen-bond acceptors (Lipinski definition) is 3. The van der Waals surface area contributed by atoms with Gasteiger partial charge in [-0.1, -0.05) is 12.1 Å². The predicted octanol–water partition coefficient (Wildman–Crippen LogP) is 2.95. The quantitative estimate of drug-likeness (QED) is 0.827. The lowest BCUT2D eigenvalue weighted by Crippen LogP contribution is -2.05. The predicted molar refractivity (Wildman–Crippen MR) is 63.1 cm³/mol. The number of rotatable bonds is 4. The average Bonchev–Trinajstić information content (AvgIpc) is 2.83. The van der Waals surface area contributed by atoms with Gasteiger partial charge in [-0.05, 0) is 30.7 Å². The van der Waals surface area contributed by atoms with E-state index < -0.39 is 0 Å². The summed E-state index contributed by atoms with van der Waals surface area (Å²) in [5, 5.41) is 12.4. The van der Waals surface area contributed by atoms with Crippen LogP contribution in [0, 0.1) is 0 Å². The van der Waals surface area contributed by atoms with Gasteiger partial charge in [-0.2, -0.15) is 0 Å². The maximum absolute atomic E-state index is 9.04. The fourth-order valence-corrected chi connectivity index (χ4v) is 1.61. The summed E-state index contributed by atoms with van der Waals surface area (Å²) in [5.74, 6) is 0. The van der Waals surface area contributed by atoms with Crippen molar-refractivity contribution in [2.75, 3.05) is 5.32 Å². The van der Waals surface area contributed by atoms with Crippen molar-refractivity contribution >= 4 is 5.69 Å². The Morgan fingerprint density at radius 1 is 1.38 bits per heavy atom. The molecule has 1 aromatic heterocycles. The largest absolute Gasteiger partial charge is 0.472 e. The Kier molecular flexibility index (Phi) is 3.27. The van der Waals surface area contributed by atoms with Gasteiger partial charge in [0.1, 0.15) is 0 Å². The van der Waals surface area contributed by atoms with Gasteiger partial charge in [0.05, 0.1) is 25.2 Å². The van der Waals surface area contributed by atoms with Crippen LogP contribution in [0.25, 0.3) is 0 Å². The molecule has 2 rings (SSSR count). The molecule has 0 aliphatic rings. The molecule has 0 saturated heterocycles. The van der Waals surface area contributed by atoms with E-state index in [1.165, 1.54) is 0 Å². The molecule has 0 radical (unpaired) electrons. The number of benzene rings is 1. The lowest BCUT2D eigenvalue weighted by Gasteiger charge is -2.14. The van der Waals surface area contributed by atoms with Gasteiger partial charge in [0.15, 0.2) is 0 Å². The number of hydrogen-bond donors (Lipinski definition) is 2. The van der Waals surface area contributed by atoms with Crippen molar-refractivity contribution in [3.05, 3.63) is 54.0 Å². The molecule has 3 heteroatoms. The van der Waals surface area contributed by atoms with Gasteiger partial charge in [0, 0.05) is 11.3 Å². The van der Waals surface area contributed by atoms with Crippen LogP contribution in [-0.4, -0.2) is 5.11 Å². The van der Waals surface area contributed by atoms with Gasteiger partial charge in [0.25, 0.3) is 0 Å². The molecule has 1 aromatic carbocycles. The third kappa shape index (κ3) is 2.44. The summed E-state index contributed by atoms with van der Waals surface area (Å²) >= 11 is 0. The number of nitrogens with one attached hydrogen (secondary N) is 1. The average molecular weight is 217 g/mol. The minimum absolute atomic E-state index is 0.0651. The van der Waals surface area contributed by atoms with Gasteiger partial charge in [-0.25, -0.2) is 0 Å². The third-order valence-corrected chi connectivity index (χ3v) is 2.54. The van der Waals surface area contributed by atoms with E-state index >= 15 is 0 Å². The molecule has 0 spiro atoms. The van der Waals surface area contributed by atoms with Crippen molar-refractivity contribution in [1.82, 2.24) is 0 Å². The standard InChI is InChI=1S/C13H15NO2/c1-10(12-5-6-16-9-12)14-13-4-2-3-11(7-13)8-15/h2-7,9-10,14-15H,8H2,1H3. The number of furan rings is 1. The second-order valence-corrected chi connectivity index (χ2v) is 3.78. The molecule has 3 nitrogen and oxygen atoms in total. The van der Waals surface area contributed by atoms with E-state index in [1.807, 2.05) is 30.3 Å². The SMILES string of the molecule is CC(Nc1cccc(CO)c1)c1ccoc1. The summed E-state index contributed by atoms with van der Waals surface area (Å²) in [7, 11) is 0. The smallest absolute Gasteiger partial charge is 0.0955 e. The van der Waals surface area contributed by atoms with Crippen LogP contribution in [-0.2, 0) is 6.61 Å². The first-order valence-electron chi connectivity index (χ1n) is 5.28. The summed E-state index contributed by atoms with van der Waals surface area (Å²) < 4.78 is 5.04. The minimum atomic E-state index is 0.0651. The van der Waals surface area contributed by atoms with Crippen molar-refractivity contribution in [1.29, 1.82) is 0 Å². The van der Waals surface area contributed by atoms with Crippen molar-refractivity contribution in [2.24, 2.45) is 0 Å². The molecule has 0 fully saturated rings. The van der Waals surface area contributed by atoms with Gasteiger partial charge >= 0.3 is 0 Å². The topological polar surface area (TPSA) is 45.4 Å². The maximum atomic E-state index is 9.04. The van der Waals surface area contributed by atoms with Crippen molar-refractivity contribution in [3.63, 3.8) is 0 Å². The second-order valence-electron chi connectivity index (χ2n) is 3.78. The molecule has 2 N–H and O–H groups in total. The van der Waals surface area contributed by atoms with E-state index in [-0.39, 0.29) is 12.6 Å². The van der Waals surface area contributed by atoms with Gasteiger partial charge in [-0.15, -0.1) is 0 Å². The third-order valence-electron chi connectivity index (χ3n) is 2.54. The molecule has 0 amide bonds. The van der Waals surface area contributed by atoms with Crippen LogP contribution < -0.4 is 5.32 Å². The first-order valence-corrected chi connectivity index (χ1v) is 5.28. The summed E-state index contributed by atoms with van der Waals surface area (Å²) in [6.45, 7) is 2.13. The lowest BCUT2D eigenvalue weighted by molar-refractivity contribution is 0.282. The molecular formula is C13H15NO2. The Hall–Kier alpha value is -1.74. The van der Waals surface area contributed by atoms with Crippen LogP contribution in [0.3, 0.4) is 0 Å². The van der Waals surface area contributed by atoms with Crippen LogP contribution in [0.4, 0.5) is 5.69 Å². The van der Waals surface area contributed by atoms with E-state index in [0.717, 1.165) is 16.8 Å². The minimum Gasteiger partial charge on any atom is -0.472 e. The Labute approximate surface area is 94.7 Å². The molecule has 0 saturated carbocycles. The molecule has 0 aliphatic heterocycles. The summed E-state index contributed by atoms with van der Waals surface area (Å²) in [5.41, 5.74) is 3.01. The monoisotopic (exact) mass is 217 g/mol. The Morgan fingerprint density at radius 2 is 2.25 bits per heavy atom. The van der Waals surface area contributed by atoms with Crippen LogP contribution in [0.2, 0.25) is 0 Å². The number of anilines is 1. The zero-order valence-corrected chi connectivity index (χ0v) is 9.18. The van der Waals surface area contributed by atoms with Crippen molar-refractivity contribution < 1.29 is 9.52 Å². The van der Waals surface area contributed by atoms with Gasteiger partial charge in [-0.3, -0.25) is 0 Å². The van der Waals surface area contributed by atoms with Crippen molar-refractivity contribution in [3.8, 4) is 0 Å². The fraction of sp³-hybridized carbons (Fsp3) is 0.231. The molecule has 0 aliphatic carbocycles. The highest BCUT2D eigenvalue weighted by Crippen LogP contribution is 2.20. The molecule has 1 heterocycles. The molecule has 1 atom stereocenters. The number of aliphatic hydroxyl groups excluding tert-OH is 1. The lowest BCUT2D eigenvalue weighted by atomic mass is 10.1. The molecule has 2 aromatic rings. The molecule has 84 valence electrons. The first-order chi connectivity index (χ1) is 7.79. The zero-order chi connectivity index (χ0) is 11.4.